The first-order valence-electron chi connectivity index (χ1n) is 8.94. The molecule has 0 fully saturated rings. The smallest absolute Gasteiger partial charge is 0.191 e. The van der Waals surface area contributed by atoms with E-state index >= 15 is 0 Å². The predicted molar refractivity (Wildman–Crippen MR) is 100 cm³/mol. The average Bonchev–Trinajstić information content (AvgIpc) is 3.12. The van der Waals surface area contributed by atoms with Crippen LogP contribution < -0.4 is 10.6 Å². The van der Waals surface area contributed by atoms with Crippen LogP contribution in [0.5, 0.6) is 0 Å². The Morgan fingerprint density at radius 1 is 1.16 bits per heavy atom. The second-order valence-corrected chi connectivity index (χ2v) is 5.57. The van der Waals surface area contributed by atoms with E-state index in [-0.39, 0.29) is 0 Å². The number of aliphatic imine (C=N–C) groups is 1. The molecule has 0 aliphatic heterocycles. The van der Waals surface area contributed by atoms with Gasteiger partial charge in [0.05, 0.1) is 6.54 Å². The zero-order chi connectivity index (χ0) is 17.7. The van der Waals surface area contributed by atoms with Crippen LogP contribution in [0.1, 0.15) is 32.4 Å². The van der Waals surface area contributed by atoms with Gasteiger partial charge in [-0.15, -0.1) is 0 Å². The standard InChI is InChI=1S/C19H28N4O2/c1-3-20-19(21-12-8-9-13-24-4-2)22-15-17-14-18(25-23-17)16-10-6-5-7-11-16/h5-7,10-11,14H,3-4,8-9,12-13,15H2,1-2H3,(H2,20,21,22). The van der Waals surface area contributed by atoms with E-state index in [1.165, 1.54) is 0 Å². The van der Waals surface area contributed by atoms with Crippen molar-refractivity contribution in [3.05, 3.63) is 42.1 Å². The second kappa shape index (κ2) is 11.3. The summed E-state index contributed by atoms with van der Waals surface area (Å²) >= 11 is 0. The number of hydrogen-bond acceptors (Lipinski definition) is 4. The quantitative estimate of drug-likeness (QED) is 0.393. The van der Waals surface area contributed by atoms with Crippen LogP contribution >= 0.6 is 0 Å². The largest absolute Gasteiger partial charge is 0.382 e. The van der Waals surface area contributed by atoms with E-state index in [4.69, 9.17) is 9.26 Å². The van der Waals surface area contributed by atoms with Crippen LogP contribution in [-0.4, -0.2) is 37.4 Å². The number of guanidine groups is 1. The number of nitrogens with zero attached hydrogens (tertiary/aromatic N) is 2. The van der Waals surface area contributed by atoms with Crippen molar-refractivity contribution < 1.29 is 9.26 Å². The molecule has 6 nitrogen and oxygen atoms in total. The molecule has 0 saturated carbocycles. The molecule has 6 heteroatoms. The van der Waals surface area contributed by atoms with Gasteiger partial charge in [0.15, 0.2) is 11.7 Å². The molecule has 25 heavy (non-hydrogen) atoms. The minimum atomic E-state index is 0.477. The van der Waals surface area contributed by atoms with Crippen LogP contribution in [0.25, 0.3) is 11.3 Å². The lowest BCUT2D eigenvalue weighted by atomic mass is 10.2. The van der Waals surface area contributed by atoms with E-state index in [0.29, 0.717) is 6.54 Å². The number of nitrogens with one attached hydrogen (secondary N) is 2. The molecule has 0 aliphatic rings. The van der Waals surface area contributed by atoms with Crippen molar-refractivity contribution in [2.24, 2.45) is 4.99 Å². The van der Waals surface area contributed by atoms with Crippen LogP contribution in [-0.2, 0) is 11.3 Å². The number of ether oxygens (including phenoxy) is 1. The van der Waals surface area contributed by atoms with Crippen molar-refractivity contribution in [3.63, 3.8) is 0 Å². The first kappa shape index (κ1) is 19.0. The van der Waals surface area contributed by atoms with Crippen molar-refractivity contribution >= 4 is 5.96 Å². The molecule has 0 unspecified atom stereocenters. The highest BCUT2D eigenvalue weighted by Crippen LogP contribution is 2.19. The van der Waals surface area contributed by atoms with Gasteiger partial charge in [-0.25, -0.2) is 4.99 Å². The SMILES string of the molecule is CCNC(=NCc1cc(-c2ccccc2)on1)NCCCCOCC. The van der Waals surface area contributed by atoms with E-state index in [9.17, 15) is 0 Å². The van der Waals surface area contributed by atoms with Crippen LogP contribution in [0.2, 0.25) is 0 Å². The van der Waals surface area contributed by atoms with Crippen molar-refractivity contribution in [2.45, 2.75) is 33.2 Å². The van der Waals surface area contributed by atoms with E-state index in [1.807, 2.05) is 43.3 Å². The summed E-state index contributed by atoms with van der Waals surface area (Å²) < 4.78 is 10.7. The van der Waals surface area contributed by atoms with Gasteiger partial charge in [-0.05, 0) is 26.7 Å². The normalized spacial score (nSPS) is 11.5. The van der Waals surface area contributed by atoms with Crippen LogP contribution in [0.3, 0.4) is 0 Å². The molecule has 2 aromatic rings. The number of rotatable bonds is 10. The lowest BCUT2D eigenvalue weighted by molar-refractivity contribution is 0.143. The lowest BCUT2D eigenvalue weighted by Crippen LogP contribution is -2.37. The third-order valence-electron chi connectivity index (χ3n) is 3.57. The van der Waals surface area contributed by atoms with Crippen molar-refractivity contribution in [2.75, 3.05) is 26.3 Å². The van der Waals surface area contributed by atoms with Crippen LogP contribution in [0, 0.1) is 0 Å². The summed E-state index contributed by atoms with van der Waals surface area (Å²) in [6, 6.07) is 11.9. The second-order valence-electron chi connectivity index (χ2n) is 5.57. The van der Waals surface area contributed by atoms with Crippen molar-refractivity contribution in [3.8, 4) is 11.3 Å². The Bertz CT molecular complexity index is 625. The highest BCUT2D eigenvalue weighted by molar-refractivity contribution is 5.79. The molecule has 0 amide bonds. The van der Waals surface area contributed by atoms with E-state index in [0.717, 1.165) is 62.1 Å². The summed E-state index contributed by atoms with van der Waals surface area (Å²) in [5.41, 5.74) is 1.83. The summed E-state index contributed by atoms with van der Waals surface area (Å²) in [6.07, 6.45) is 2.09. The molecule has 0 spiro atoms. The summed E-state index contributed by atoms with van der Waals surface area (Å²) in [5.74, 6) is 1.56. The molecule has 0 saturated heterocycles. The topological polar surface area (TPSA) is 71.7 Å². The zero-order valence-electron chi connectivity index (χ0n) is 15.1. The molecular formula is C19H28N4O2. The summed E-state index contributed by atoms with van der Waals surface area (Å²) in [7, 11) is 0. The summed E-state index contributed by atoms with van der Waals surface area (Å²) in [6.45, 7) is 7.82. The maximum absolute atomic E-state index is 5.41. The minimum absolute atomic E-state index is 0.477. The van der Waals surface area contributed by atoms with Gasteiger partial charge in [-0.1, -0.05) is 35.5 Å². The molecule has 1 aromatic carbocycles. The monoisotopic (exact) mass is 344 g/mol. The number of hydrogen-bond donors (Lipinski definition) is 2. The van der Waals surface area contributed by atoms with Gasteiger partial charge >= 0.3 is 0 Å². The lowest BCUT2D eigenvalue weighted by Gasteiger charge is -2.10. The van der Waals surface area contributed by atoms with Gasteiger partial charge in [0.2, 0.25) is 0 Å². The third kappa shape index (κ3) is 6.97. The number of benzene rings is 1. The Labute approximate surface area is 149 Å². The highest BCUT2D eigenvalue weighted by Gasteiger charge is 2.06. The summed E-state index contributed by atoms with van der Waals surface area (Å²) in [5, 5.41) is 10.7. The fourth-order valence-corrected chi connectivity index (χ4v) is 2.31. The Kier molecular flexibility index (Phi) is 8.55. The first-order valence-corrected chi connectivity index (χ1v) is 8.94. The minimum Gasteiger partial charge on any atom is -0.382 e. The fourth-order valence-electron chi connectivity index (χ4n) is 2.31. The average molecular weight is 344 g/mol. The Morgan fingerprint density at radius 2 is 2.00 bits per heavy atom. The van der Waals surface area contributed by atoms with Crippen molar-refractivity contribution in [1.29, 1.82) is 0 Å². The first-order chi connectivity index (χ1) is 12.3. The fraction of sp³-hybridized carbons (Fsp3) is 0.474. The van der Waals surface area contributed by atoms with E-state index in [2.05, 4.69) is 27.7 Å². The predicted octanol–water partition coefficient (Wildman–Crippen LogP) is 3.21. The summed E-state index contributed by atoms with van der Waals surface area (Å²) in [4.78, 5) is 4.57. The molecule has 1 aromatic heterocycles. The van der Waals surface area contributed by atoms with Gasteiger partial charge in [0.1, 0.15) is 5.69 Å². The maximum atomic E-state index is 5.41. The van der Waals surface area contributed by atoms with Gasteiger partial charge in [-0.2, -0.15) is 0 Å². The van der Waals surface area contributed by atoms with Crippen molar-refractivity contribution in [1.82, 2.24) is 15.8 Å². The Balaban J connectivity index is 1.83. The molecule has 0 aliphatic carbocycles. The van der Waals surface area contributed by atoms with Gasteiger partial charge < -0.3 is 19.9 Å². The van der Waals surface area contributed by atoms with Gasteiger partial charge in [0.25, 0.3) is 0 Å². The molecule has 1 heterocycles. The molecule has 2 N–H and O–H groups in total. The third-order valence-corrected chi connectivity index (χ3v) is 3.57. The molecule has 0 atom stereocenters. The number of aromatic nitrogens is 1. The van der Waals surface area contributed by atoms with Crippen LogP contribution in [0.15, 0.2) is 45.9 Å². The Morgan fingerprint density at radius 3 is 2.76 bits per heavy atom. The van der Waals surface area contributed by atoms with Gasteiger partial charge in [0, 0.05) is 37.9 Å². The maximum Gasteiger partial charge on any atom is 0.191 e. The Hall–Kier alpha value is -2.34. The molecule has 0 radical (unpaired) electrons. The van der Waals surface area contributed by atoms with E-state index < -0.39 is 0 Å². The van der Waals surface area contributed by atoms with Crippen LogP contribution in [0.4, 0.5) is 0 Å². The molecule has 2 rings (SSSR count). The highest BCUT2D eigenvalue weighted by atomic mass is 16.5. The molecule has 136 valence electrons. The molecule has 0 bridgehead atoms. The number of unbranched alkanes of at least 4 members (excludes halogenated alkanes) is 1. The van der Waals surface area contributed by atoms with Gasteiger partial charge in [-0.3, -0.25) is 0 Å². The molecular weight excluding hydrogens is 316 g/mol. The van der Waals surface area contributed by atoms with E-state index in [1.54, 1.807) is 0 Å². The zero-order valence-corrected chi connectivity index (χ0v) is 15.1.